The van der Waals surface area contributed by atoms with Gasteiger partial charge in [-0.15, -0.1) is 12.4 Å². The Kier molecular flexibility index (Phi) is 5.24. The number of aromatic nitrogens is 2. The number of aromatic amines is 1. The van der Waals surface area contributed by atoms with Gasteiger partial charge in [0.05, 0.1) is 12.6 Å². The number of nitrogens with zero attached hydrogens (tertiary/aromatic N) is 1. The first kappa shape index (κ1) is 17.7. The van der Waals surface area contributed by atoms with Crippen molar-refractivity contribution in [2.24, 2.45) is 0 Å². The van der Waals surface area contributed by atoms with Crippen molar-refractivity contribution in [3.63, 3.8) is 0 Å². The van der Waals surface area contributed by atoms with E-state index in [1.165, 1.54) is 12.1 Å². The number of fused-ring (bicyclic) bond motifs is 2. The predicted molar refractivity (Wildman–Crippen MR) is 92.6 cm³/mol. The van der Waals surface area contributed by atoms with Gasteiger partial charge in [0.1, 0.15) is 11.6 Å². The summed E-state index contributed by atoms with van der Waals surface area (Å²) in [7, 11) is 0. The lowest BCUT2D eigenvalue weighted by atomic mass is 10.0. The Morgan fingerprint density at radius 3 is 3.16 bits per heavy atom. The Morgan fingerprint density at radius 2 is 2.28 bits per heavy atom. The second-order valence-corrected chi connectivity index (χ2v) is 6.15. The van der Waals surface area contributed by atoms with E-state index in [4.69, 9.17) is 4.74 Å². The van der Waals surface area contributed by atoms with Gasteiger partial charge in [-0.05, 0) is 18.9 Å². The lowest BCUT2D eigenvalue weighted by Crippen LogP contribution is -2.31. The molecule has 0 bridgehead atoms. The summed E-state index contributed by atoms with van der Waals surface area (Å²) in [4.78, 5) is 12.7. The van der Waals surface area contributed by atoms with Gasteiger partial charge >= 0.3 is 0 Å². The van der Waals surface area contributed by atoms with Crippen molar-refractivity contribution in [2.45, 2.75) is 31.8 Å². The van der Waals surface area contributed by atoms with Crippen LogP contribution in [0, 0.1) is 5.82 Å². The third-order valence-corrected chi connectivity index (χ3v) is 4.57. The number of hydrogen-bond donors (Lipinski definition) is 3. The number of carbonyl (C=O) groups is 1. The van der Waals surface area contributed by atoms with E-state index >= 15 is 0 Å². The van der Waals surface area contributed by atoms with Crippen LogP contribution in [0.3, 0.4) is 0 Å². The van der Waals surface area contributed by atoms with Crippen molar-refractivity contribution in [2.75, 3.05) is 13.2 Å². The second-order valence-electron chi connectivity index (χ2n) is 6.15. The number of ether oxygens (including phenoxy) is 1. The van der Waals surface area contributed by atoms with Crippen LogP contribution < -0.4 is 15.4 Å². The molecule has 2 aromatic rings. The minimum atomic E-state index is -0.340. The summed E-state index contributed by atoms with van der Waals surface area (Å²) in [6, 6.07) is 4.25. The molecule has 134 valence electrons. The van der Waals surface area contributed by atoms with Crippen LogP contribution in [-0.4, -0.2) is 29.3 Å². The summed E-state index contributed by atoms with van der Waals surface area (Å²) >= 11 is 0. The number of halogens is 2. The first-order valence-corrected chi connectivity index (χ1v) is 8.22. The van der Waals surface area contributed by atoms with Crippen molar-refractivity contribution >= 4 is 18.3 Å². The standard InChI is InChI=1S/C17H19FN4O2.ClH/c18-10-3-4-11-13(2-1-7-24-15(11)8-10)20-17(23)16-12-9-19-6-5-14(12)21-22-16;/h3-4,8,13,19H,1-2,5-7,9H2,(H,20,23)(H,21,22);1H. The number of rotatable bonds is 2. The first-order chi connectivity index (χ1) is 11.7. The van der Waals surface area contributed by atoms with Gasteiger partial charge in [0.25, 0.3) is 5.91 Å². The van der Waals surface area contributed by atoms with E-state index in [2.05, 4.69) is 20.8 Å². The largest absolute Gasteiger partial charge is 0.493 e. The molecule has 2 aliphatic rings. The molecule has 4 rings (SSSR count). The van der Waals surface area contributed by atoms with E-state index in [1.54, 1.807) is 6.07 Å². The van der Waals surface area contributed by atoms with Gasteiger partial charge in [-0.25, -0.2) is 4.39 Å². The lowest BCUT2D eigenvalue weighted by Gasteiger charge is -2.19. The number of carbonyl (C=O) groups excluding carboxylic acids is 1. The van der Waals surface area contributed by atoms with Crippen LogP contribution >= 0.6 is 12.4 Å². The molecule has 0 fully saturated rings. The summed E-state index contributed by atoms with van der Waals surface area (Å²) in [5.74, 6) is -0.0462. The maximum atomic E-state index is 13.4. The third kappa shape index (κ3) is 3.48. The molecule has 0 saturated carbocycles. The third-order valence-electron chi connectivity index (χ3n) is 4.57. The van der Waals surface area contributed by atoms with Crippen molar-refractivity contribution < 1.29 is 13.9 Å². The Morgan fingerprint density at radius 1 is 1.40 bits per heavy atom. The fourth-order valence-electron chi connectivity index (χ4n) is 3.34. The monoisotopic (exact) mass is 366 g/mol. The molecule has 1 atom stereocenters. The Balaban J connectivity index is 0.00000182. The topological polar surface area (TPSA) is 79.0 Å². The number of nitrogens with one attached hydrogen (secondary N) is 3. The normalized spacial score (nSPS) is 18.8. The molecule has 2 aliphatic heterocycles. The maximum absolute atomic E-state index is 13.4. The molecule has 1 aromatic heterocycles. The number of hydrogen-bond acceptors (Lipinski definition) is 4. The van der Waals surface area contributed by atoms with E-state index in [0.717, 1.165) is 42.6 Å². The number of benzene rings is 1. The van der Waals surface area contributed by atoms with Gasteiger partial charge in [-0.3, -0.25) is 9.89 Å². The quantitative estimate of drug-likeness (QED) is 0.761. The molecule has 3 heterocycles. The van der Waals surface area contributed by atoms with Crippen LogP contribution in [0.1, 0.15) is 46.2 Å². The molecule has 1 unspecified atom stereocenters. The summed E-state index contributed by atoms with van der Waals surface area (Å²) in [6.45, 7) is 2.05. The number of H-pyrrole nitrogens is 1. The zero-order valence-electron chi connectivity index (χ0n) is 13.6. The van der Waals surface area contributed by atoms with Crippen LogP contribution in [-0.2, 0) is 13.0 Å². The minimum absolute atomic E-state index is 0. The molecular weight excluding hydrogens is 347 g/mol. The van der Waals surface area contributed by atoms with E-state index in [-0.39, 0.29) is 30.2 Å². The van der Waals surface area contributed by atoms with Crippen molar-refractivity contribution in [3.05, 3.63) is 46.5 Å². The Labute approximate surface area is 150 Å². The van der Waals surface area contributed by atoms with E-state index in [1.807, 2.05) is 0 Å². The SMILES string of the molecule is Cl.O=C(NC1CCCOc2cc(F)ccc21)c1n[nH]c2c1CNCC2. The highest BCUT2D eigenvalue weighted by molar-refractivity contribution is 5.94. The van der Waals surface area contributed by atoms with Crippen LogP contribution in [0.2, 0.25) is 0 Å². The summed E-state index contributed by atoms with van der Waals surface area (Å²) in [6.07, 6.45) is 2.38. The van der Waals surface area contributed by atoms with Gasteiger partial charge in [-0.1, -0.05) is 6.07 Å². The van der Waals surface area contributed by atoms with Gasteiger partial charge in [-0.2, -0.15) is 5.10 Å². The molecule has 0 radical (unpaired) electrons. The van der Waals surface area contributed by atoms with E-state index in [0.29, 0.717) is 24.6 Å². The highest BCUT2D eigenvalue weighted by Crippen LogP contribution is 2.32. The predicted octanol–water partition coefficient (Wildman–Crippen LogP) is 2.26. The average molecular weight is 367 g/mol. The highest BCUT2D eigenvalue weighted by atomic mass is 35.5. The molecule has 25 heavy (non-hydrogen) atoms. The lowest BCUT2D eigenvalue weighted by molar-refractivity contribution is 0.0928. The van der Waals surface area contributed by atoms with Crippen molar-refractivity contribution in [1.29, 1.82) is 0 Å². The minimum Gasteiger partial charge on any atom is -0.493 e. The molecule has 0 spiro atoms. The Bertz CT molecular complexity index is 780. The van der Waals surface area contributed by atoms with Crippen LogP contribution in [0.25, 0.3) is 0 Å². The van der Waals surface area contributed by atoms with E-state index in [9.17, 15) is 9.18 Å². The molecule has 3 N–H and O–H groups in total. The van der Waals surface area contributed by atoms with Gasteiger partial charge in [0, 0.05) is 42.4 Å². The maximum Gasteiger partial charge on any atom is 0.272 e. The van der Waals surface area contributed by atoms with E-state index < -0.39 is 0 Å². The van der Waals surface area contributed by atoms with Crippen LogP contribution in [0.4, 0.5) is 4.39 Å². The fraction of sp³-hybridized carbons (Fsp3) is 0.412. The molecule has 8 heteroatoms. The summed E-state index contributed by atoms with van der Waals surface area (Å²) < 4.78 is 19.0. The molecular formula is C17H20ClFN4O2. The second kappa shape index (κ2) is 7.41. The number of amides is 1. The zero-order valence-corrected chi connectivity index (χ0v) is 14.4. The van der Waals surface area contributed by atoms with Gasteiger partial charge in [0.15, 0.2) is 5.69 Å². The molecule has 6 nitrogen and oxygen atoms in total. The molecule has 1 aromatic carbocycles. The van der Waals surface area contributed by atoms with Crippen molar-refractivity contribution in [3.8, 4) is 5.75 Å². The zero-order chi connectivity index (χ0) is 16.5. The summed E-state index contributed by atoms with van der Waals surface area (Å²) in [5, 5.41) is 13.4. The molecule has 0 aliphatic carbocycles. The fourth-order valence-corrected chi connectivity index (χ4v) is 3.34. The van der Waals surface area contributed by atoms with Crippen LogP contribution in [0.5, 0.6) is 5.75 Å². The smallest absolute Gasteiger partial charge is 0.272 e. The van der Waals surface area contributed by atoms with Crippen molar-refractivity contribution in [1.82, 2.24) is 20.8 Å². The first-order valence-electron chi connectivity index (χ1n) is 8.22. The highest BCUT2D eigenvalue weighted by Gasteiger charge is 2.26. The average Bonchev–Trinajstić information content (AvgIpc) is 2.92. The molecule has 0 saturated heterocycles. The molecule has 1 amide bonds. The van der Waals surface area contributed by atoms with Gasteiger partial charge in [0.2, 0.25) is 0 Å². The summed E-state index contributed by atoms with van der Waals surface area (Å²) in [5.41, 5.74) is 3.20. The Hall–Kier alpha value is -2.12. The van der Waals surface area contributed by atoms with Gasteiger partial charge < -0.3 is 15.4 Å². The van der Waals surface area contributed by atoms with Crippen LogP contribution in [0.15, 0.2) is 18.2 Å².